The Labute approximate surface area is 126 Å². The van der Waals surface area contributed by atoms with Crippen molar-refractivity contribution in [3.05, 3.63) is 23.9 Å². The smallest absolute Gasteiger partial charge is 0.255 e. The Bertz CT molecular complexity index is 423. The number of carbonyl (C=O) groups is 1. The summed E-state index contributed by atoms with van der Waals surface area (Å²) in [6.07, 6.45) is 1.60. The molecule has 1 amide bonds. The molecule has 0 spiro atoms. The first-order chi connectivity index (χ1) is 10.1. The van der Waals surface area contributed by atoms with E-state index in [1.165, 1.54) is 0 Å². The van der Waals surface area contributed by atoms with Crippen LogP contribution < -0.4 is 5.32 Å². The molecule has 21 heavy (non-hydrogen) atoms. The Hall–Kier alpha value is -1.66. The van der Waals surface area contributed by atoms with E-state index in [0.29, 0.717) is 25.3 Å². The summed E-state index contributed by atoms with van der Waals surface area (Å²) in [4.78, 5) is 18.6. The van der Waals surface area contributed by atoms with Gasteiger partial charge >= 0.3 is 0 Å². The number of nitrogens with zero attached hydrogens (tertiary/aromatic N) is 2. The van der Waals surface area contributed by atoms with Gasteiger partial charge in [0.15, 0.2) is 0 Å². The van der Waals surface area contributed by atoms with E-state index in [1.54, 1.807) is 31.4 Å². The molecule has 1 heterocycles. The van der Waals surface area contributed by atoms with Crippen molar-refractivity contribution < 1.29 is 14.3 Å². The molecular formula is C15H25N3O3. The van der Waals surface area contributed by atoms with Crippen LogP contribution >= 0.6 is 0 Å². The van der Waals surface area contributed by atoms with Crippen molar-refractivity contribution >= 4 is 11.7 Å². The number of hydrogen-bond donors (Lipinski definition) is 1. The molecule has 0 aliphatic rings. The van der Waals surface area contributed by atoms with E-state index in [0.717, 1.165) is 12.4 Å². The van der Waals surface area contributed by atoms with Crippen LogP contribution in [0.3, 0.4) is 0 Å². The molecule has 1 aromatic rings. The molecule has 0 aliphatic heterocycles. The molecule has 1 unspecified atom stereocenters. The monoisotopic (exact) mass is 295 g/mol. The van der Waals surface area contributed by atoms with Crippen molar-refractivity contribution in [2.45, 2.75) is 19.9 Å². The van der Waals surface area contributed by atoms with Crippen LogP contribution in [-0.2, 0) is 9.47 Å². The fourth-order valence-corrected chi connectivity index (χ4v) is 2.01. The number of carbonyl (C=O) groups excluding carboxylic acids is 1. The van der Waals surface area contributed by atoms with Crippen molar-refractivity contribution in [1.29, 1.82) is 0 Å². The summed E-state index contributed by atoms with van der Waals surface area (Å²) in [6.45, 7) is 6.25. The Balaban J connectivity index is 2.82. The first-order valence-electron chi connectivity index (χ1n) is 7.12. The highest BCUT2D eigenvalue weighted by Crippen LogP contribution is 2.11. The first-order valence-corrected chi connectivity index (χ1v) is 7.12. The van der Waals surface area contributed by atoms with E-state index < -0.39 is 0 Å². The van der Waals surface area contributed by atoms with Gasteiger partial charge in [0, 0.05) is 33.5 Å². The molecular weight excluding hydrogens is 270 g/mol. The van der Waals surface area contributed by atoms with E-state index in [4.69, 9.17) is 9.47 Å². The lowest BCUT2D eigenvalue weighted by molar-refractivity contribution is 0.0479. The highest BCUT2D eigenvalue weighted by atomic mass is 16.5. The minimum atomic E-state index is -0.0628. The number of amides is 1. The van der Waals surface area contributed by atoms with Gasteiger partial charge in [-0.2, -0.15) is 0 Å². The molecule has 1 aromatic heterocycles. The standard InChI is InChI=1S/C15H25N3O3/c1-5-16-14-7-6-13(10-17-14)15(19)18(8-9-20-3)12(2)11-21-4/h6-7,10,12H,5,8-9,11H2,1-4H3,(H,16,17). The number of aromatic nitrogens is 1. The third-order valence-electron chi connectivity index (χ3n) is 3.11. The molecule has 1 atom stereocenters. The highest BCUT2D eigenvalue weighted by Gasteiger charge is 2.21. The molecule has 0 fully saturated rings. The first kappa shape index (κ1) is 17.4. The predicted octanol–water partition coefficient (Wildman–Crippen LogP) is 1.64. The lowest BCUT2D eigenvalue weighted by atomic mass is 10.2. The van der Waals surface area contributed by atoms with Gasteiger partial charge in [-0.15, -0.1) is 0 Å². The average molecular weight is 295 g/mol. The van der Waals surface area contributed by atoms with Gasteiger partial charge in [0.25, 0.3) is 5.91 Å². The molecule has 0 saturated heterocycles. The predicted molar refractivity (Wildman–Crippen MR) is 82.7 cm³/mol. The molecule has 118 valence electrons. The molecule has 0 aliphatic carbocycles. The molecule has 0 saturated carbocycles. The van der Waals surface area contributed by atoms with E-state index in [1.807, 2.05) is 19.9 Å². The summed E-state index contributed by atoms with van der Waals surface area (Å²) in [5, 5.41) is 3.10. The van der Waals surface area contributed by atoms with E-state index in [2.05, 4.69) is 10.3 Å². The largest absolute Gasteiger partial charge is 0.383 e. The second kappa shape index (κ2) is 9.31. The summed E-state index contributed by atoms with van der Waals surface area (Å²) in [5.74, 6) is 0.703. The summed E-state index contributed by atoms with van der Waals surface area (Å²) >= 11 is 0. The Morgan fingerprint density at radius 3 is 2.67 bits per heavy atom. The molecule has 0 bridgehead atoms. The molecule has 0 radical (unpaired) electrons. The topological polar surface area (TPSA) is 63.7 Å². The molecule has 0 aromatic carbocycles. The van der Waals surface area contributed by atoms with Gasteiger partial charge in [-0.25, -0.2) is 4.98 Å². The van der Waals surface area contributed by atoms with Crippen LogP contribution in [0, 0.1) is 0 Å². The maximum absolute atomic E-state index is 12.6. The number of pyridine rings is 1. The summed E-state index contributed by atoms with van der Waals surface area (Å²) in [7, 11) is 3.25. The van der Waals surface area contributed by atoms with Crippen LogP contribution in [0.5, 0.6) is 0 Å². The number of ether oxygens (including phenoxy) is 2. The molecule has 6 heteroatoms. The zero-order valence-electron chi connectivity index (χ0n) is 13.3. The summed E-state index contributed by atoms with van der Waals surface area (Å²) in [5.41, 5.74) is 0.565. The van der Waals surface area contributed by atoms with Crippen LogP contribution in [0.25, 0.3) is 0 Å². The number of hydrogen-bond acceptors (Lipinski definition) is 5. The van der Waals surface area contributed by atoms with Gasteiger partial charge in [0.2, 0.25) is 0 Å². The fourth-order valence-electron chi connectivity index (χ4n) is 2.01. The third kappa shape index (κ3) is 5.32. The van der Waals surface area contributed by atoms with Gasteiger partial charge in [0.05, 0.1) is 24.8 Å². The minimum absolute atomic E-state index is 0.0221. The fraction of sp³-hybridized carbons (Fsp3) is 0.600. The van der Waals surface area contributed by atoms with Gasteiger partial charge < -0.3 is 19.7 Å². The third-order valence-corrected chi connectivity index (χ3v) is 3.11. The van der Waals surface area contributed by atoms with E-state index in [-0.39, 0.29) is 11.9 Å². The zero-order chi connectivity index (χ0) is 15.7. The lowest BCUT2D eigenvalue weighted by Crippen LogP contribution is -2.43. The number of rotatable bonds is 9. The van der Waals surface area contributed by atoms with Crippen molar-refractivity contribution in [2.75, 3.05) is 45.8 Å². The van der Waals surface area contributed by atoms with E-state index in [9.17, 15) is 4.79 Å². The van der Waals surface area contributed by atoms with Gasteiger partial charge in [-0.3, -0.25) is 4.79 Å². The lowest BCUT2D eigenvalue weighted by Gasteiger charge is -2.28. The molecule has 1 rings (SSSR count). The number of anilines is 1. The highest BCUT2D eigenvalue weighted by molar-refractivity contribution is 5.94. The maximum Gasteiger partial charge on any atom is 0.255 e. The van der Waals surface area contributed by atoms with Crippen molar-refractivity contribution in [3.63, 3.8) is 0 Å². The SMILES string of the molecule is CCNc1ccc(C(=O)N(CCOC)C(C)COC)cn1. The Morgan fingerprint density at radius 1 is 1.38 bits per heavy atom. The van der Waals surface area contributed by atoms with Crippen LogP contribution in [0.1, 0.15) is 24.2 Å². The van der Waals surface area contributed by atoms with Crippen molar-refractivity contribution in [2.24, 2.45) is 0 Å². The average Bonchev–Trinajstić information content (AvgIpc) is 2.49. The van der Waals surface area contributed by atoms with Crippen LogP contribution in [0.15, 0.2) is 18.3 Å². The summed E-state index contributed by atoms with van der Waals surface area (Å²) in [6, 6.07) is 3.57. The van der Waals surface area contributed by atoms with Crippen LogP contribution in [0.4, 0.5) is 5.82 Å². The quantitative estimate of drug-likeness (QED) is 0.750. The minimum Gasteiger partial charge on any atom is -0.383 e. The van der Waals surface area contributed by atoms with Crippen LogP contribution in [0.2, 0.25) is 0 Å². The Kier molecular flexibility index (Phi) is 7.71. The van der Waals surface area contributed by atoms with Gasteiger partial charge in [0.1, 0.15) is 5.82 Å². The second-order valence-electron chi connectivity index (χ2n) is 4.76. The van der Waals surface area contributed by atoms with Gasteiger partial charge in [-0.1, -0.05) is 0 Å². The molecule has 6 nitrogen and oxygen atoms in total. The Morgan fingerprint density at radius 2 is 2.14 bits per heavy atom. The van der Waals surface area contributed by atoms with Crippen molar-refractivity contribution in [1.82, 2.24) is 9.88 Å². The van der Waals surface area contributed by atoms with Crippen molar-refractivity contribution in [3.8, 4) is 0 Å². The number of nitrogens with one attached hydrogen (secondary N) is 1. The normalized spacial score (nSPS) is 12.0. The second-order valence-corrected chi connectivity index (χ2v) is 4.76. The van der Waals surface area contributed by atoms with Crippen LogP contribution in [-0.4, -0.2) is 62.4 Å². The summed E-state index contributed by atoms with van der Waals surface area (Å²) < 4.78 is 10.2. The zero-order valence-corrected chi connectivity index (χ0v) is 13.3. The van der Waals surface area contributed by atoms with Gasteiger partial charge in [-0.05, 0) is 26.0 Å². The maximum atomic E-state index is 12.6. The number of methoxy groups -OCH3 is 2. The van der Waals surface area contributed by atoms with E-state index >= 15 is 0 Å². The molecule has 1 N–H and O–H groups in total.